The van der Waals surface area contributed by atoms with Gasteiger partial charge in [-0.15, -0.1) is 0 Å². The monoisotopic (exact) mass is 1400 g/mol. The summed E-state index contributed by atoms with van der Waals surface area (Å²) in [6.07, 6.45) is 58.7. The van der Waals surface area contributed by atoms with Crippen LogP contribution >= 0.6 is 15.6 Å². The summed E-state index contributed by atoms with van der Waals surface area (Å²) in [7, 11) is -9.90. The number of carbonyl (C=O) groups excluding carboxylic acids is 4. The van der Waals surface area contributed by atoms with E-state index in [0.717, 1.165) is 102 Å². The van der Waals surface area contributed by atoms with Crippen molar-refractivity contribution in [1.82, 2.24) is 0 Å². The van der Waals surface area contributed by atoms with Gasteiger partial charge >= 0.3 is 39.5 Å². The molecule has 0 heterocycles. The van der Waals surface area contributed by atoms with Gasteiger partial charge in [0.15, 0.2) is 12.2 Å². The van der Waals surface area contributed by atoms with Gasteiger partial charge in [0.2, 0.25) is 0 Å². The molecule has 0 saturated carbocycles. The Morgan fingerprint density at radius 3 is 0.747 bits per heavy atom. The minimum Gasteiger partial charge on any atom is -0.462 e. The largest absolute Gasteiger partial charge is 0.472 e. The molecule has 564 valence electrons. The number of hydrogen-bond acceptors (Lipinski definition) is 15. The number of hydrogen-bond donors (Lipinski definition) is 3. The number of rotatable bonds is 76. The third-order valence-electron chi connectivity index (χ3n) is 18.1. The smallest absolute Gasteiger partial charge is 0.462 e. The van der Waals surface area contributed by atoms with E-state index in [2.05, 4.69) is 34.6 Å². The molecule has 3 N–H and O–H groups in total. The first-order chi connectivity index (χ1) is 46.1. The Bertz CT molecular complexity index is 1820. The van der Waals surface area contributed by atoms with Crippen molar-refractivity contribution in [3.8, 4) is 0 Å². The summed E-state index contributed by atoms with van der Waals surface area (Å²) < 4.78 is 68.3. The zero-order chi connectivity index (χ0) is 69.8. The van der Waals surface area contributed by atoms with Gasteiger partial charge < -0.3 is 33.8 Å². The van der Waals surface area contributed by atoms with E-state index in [9.17, 15) is 43.2 Å². The minimum absolute atomic E-state index is 0.107. The van der Waals surface area contributed by atoms with Crippen LogP contribution in [0.25, 0.3) is 0 Å². The Labute approximate surface area is 581 Å². The van der Waals surface area contributed by atoms with Gasteiger partial charge in [-0.05, 0) is 31.6 Å². The molecule has 0 fully saturated rings. The number of esters is 4. The molecule has 0 aliphatic carbocycles. The van der Waals surface area contributed by atoms with Crippen molar-refractivity contribution in [2.24, 2.45) is 5.92 Å². The van der Waals surface area contributed by atoms with Crippen LogP contribution < -0.4 is 0 Å². The second-order valence-corrected chi connectivity index (χ2v) is 30.5. The van der Waals surface area contributed by atoms with Crippen LogP contribution in [0.5, 0.6) is 0 Å². The molecule has 0 rings (SSSR count). The van der Waals surface area contributed by atoms with Gasteiger partial charge in [0, 0.05) is 25.7 Å². The van der Waals surface area contributed by atoms with Crippen molar-refractivity contribution in [3.63, 3.8) is 0 Å². The number of phosphoric acid groups is 2. The summed E-state index contributed by atoms with van der Waals surface area (Å²) in [5, 5.41) is 10.6. The lowest BCUT2D eigenvalue weighted by molar-refractivity contribution is -0.161. The average Bonchev–Trinajstić information content (AvgIpc) is 1.63. The number of aliphatic hydroxyl groups excluding tert-OH is 1. The summed E-state index contributed by atoms with van der Waals surface area (Å²) in [5.74, 6) is -1.25. The Morgan fingerprint density at radius 1 is 0.295 bits per heavy atom. The SMILES string of the molecule is CCCCCCCCCCCCCCCCCCC(=O)OC[C@H](COP(=O)(O)OC[C@@H](O)COP(=O)(O)OC[C@@H](COC(=O)CCCCCCC)OC(=O)CCCCCCCCCCCCCC)OC(=O)CCCCCCCCCCCCCCCCCCCCC(C)CC. The minimum atomic E-state index is -4.95. The summed E-state index contributed by atoms with van der Waals surface area (Å²) in [6.45, 7) is 7.27. The predicted octanol–water partition coefficient (Wildman–Crippen LogP) is 22.5. The summed E-state index contributed by atoms with van der Waals surface area (Å²) in [4.78, 5) is 72.5. The fourth-order valence-electron chi connectivity index (χ4n) is 11.7. The van der Waals surface area contributed by atoms with E-state index in [0.29, 0.717) is 25.7 Å². The Balaban J connectivity index is 5.11. The van der Waals surface area contributed by atoms with Crippen LogP contribution in [0.4, 0.5) is 0 Å². The number of carbonyl (C=O) groups is 4. The number of ether oxygens (including phenoxy) is 4. The maximum absolute atomic E-state index is 13.1. The highest BCUT2D eigenvalue weighted by Gasteiger charge is 2.30. The van der Waals surface area contributed by atoms with E-state index in [-0.39, 0.29) is 25.7 Å². The molecular weight excluding hydrogens is 1250 g/mol. The lowest BCUT2D eigenvalue weighted by atomic mass is 9.99. The molecule has 0 aliphatic rings. The molecule has 95 heavy (non-hydrogen) atoms. The quantitative estimate of drug-likeness (QED) is 0.0222. The van der Waals surface area contributed by atoms with E-state index in [1.807, 2.05) is 0 Å². The van der Waals surface area contributed by atoms with Gasteiger partial charge in [0.25, 0.3) is 0 Å². The van der Waals surface area contributed by atoms with Crippen molar-refractivity contribution in [2.45, 2.75) is 419 Å². The maximum Gasteiger partial charge on any atom is 0.472 e. The molecule has 17 nitrogen and oxygen atoms in total. The third kappa shape index (κ3) is 69.0. The fraction of sp³-hybridized carbons (Fsp3) is 0.947. The molecule has 0 amide bonds. The molecule has 0 aromatic rings. The normalized spacial score (nSPS) is 14.2. The summed E-state index contributed by atoms with van der Waals surface area (Å²) >= 11 is 0. The van der Waals surface area contributed by atoms with Crippen LogP contribution in [0.15, 0.2) is 0 Å². The summed E-state index contributed by atoms with van der Waals surface area (Å²) in [5.41, 5.74) is 0. The van der Waals surface area contributed by atoms with Gasteiger partial charge in [-0.1, -0.05) is 349 Å². The van der Waals surface area contributed by atoms with Crippen LogP contribution in [-0.4, -0.2) is 96.7 Å². The molecule has 0 spiro atoms. The highest BCUT2D eigenvalue weighted by atomic mass is 31.2. The van der Waals surface area contributed by atoms with Crippen molar-refractivity contribution < 1.29 is 80.2 Å². The summed E-state index contributed by atoms with van der Waals surface area (Å²) in [6, 6.07) is 0. The van der Waals surface area contributed by atoms with E-state index >= 15 is 0 Å². The molecule has 0 aliphatic heterocycles. The second-order valence-electron chi connectivity index (χ2n) is 27.6. The van der Waals surface area contributed by atoms with Crippen LogP contribution in [0.2, 0.25) is 0 Å². The van der Waals surface area contributed by atoms with Crippen LogP contribution in [0, 0.1) is 5.92 Å². The van der Waals surface area contributed by atoms with E-state index < -0.39 is 97.5 Å². The highest BCUT2D eigenvalue weighted by molar-refractivity contribution is 7.47. The van der Waals surface area contributed by atoms with Gasteiger partial charge in [-0.25, -0.2) is 9.13 Å². The standard InChI is InChI=1S/C76H148O17P2/c1-6-10-13-16-18-20-22-24-25-31-34-38-41-45-50-55-60-74(79)87-66-72(93-76(81)62-57-52-47-43-39-35-32-29-27-26-28-30-33-36-40-44-49-53-58-69(5)9-4)68-91-95(84,85)89-64-70(77)63-88-94(82,83)90-67-71(65-86-73(78)59-54-48-15-12-8-3)92-75(80)61-56-51-46-42-37-23-21-19-17-14-11-7-2/h69-72,77H,6-68H2,1-5H3,(H,82,83)(H,84,85)/t69?,70-,71+,72+/m0/s1. The molecule has 0 aromatic heterocycles. The maximum atomic E-state index is 13.1. The average molecular weight is 1400 g/mol. The second kappa shape index (κ2) is 69.2. The molecule has 6 atom stereocenters. The molecule has 3 unspecified atom stereocenters. The molecule has 19 heteroatoms. The molecule has 0 saturated heterocycles. The number of unbranched alkanes of at least 4 members (excludes halogenated alkanes) is 47. The Hall–Kier alpha value is -1.94. The first-order valence-corrected chi connectivity index (χ1v) is 42.7. The van der Waals surface area contributed by atoms with Gasteiger partial charge in [0.1, 0.15) is 19.3 Å². The zero-order valence-corrected chi connectivity index (χ0v) is 63.6. The lowest BCUT2D eigenvalue weighted by Gasteiger charge is -2.21. The first-order valence-electron chi connectivity index (χ1n) is 39.7. The fourth-order valence-corrected chi connectivity index (χ4v) is 13.3. The lowest BCUT2D eigenvalue weighted by Crippen LogP contribution is -2.30. The van der Waals surface area contributed by atoms with E-state index in [1.165, 1.54) is 218 Å². The third-order valence-corrected chi connectivity index (χ3v) is 20.0. The van der Waals surface area contributed by atoms with Crippen molar-refractivity contribution in [2.75, 3.05) is 39.6 Å². The van der Waals surface area contributed by atoms with E-state index in [4.69, 9.17) is 37.0 Å². The Kier molecular flexibility index (Phi) is 67.7. The molecule has 0 bridgehead atoms. The number of aliphatic hydroxyl groups is 1. The zero-order valence-electron chi connectivity index (χ0n) is 61.8. The molecule has 0 radical (unpaired) electrons. The molecule has 0 aromatic carbocycles. The van der Waals surface area contributed by atoms with E-state index in [1.54, 1.807) is 0 Å². The van der Waals surface area contributed by atoms with Gasteiger partial charge in [-0.2, -0.15) is 0 Å². The topological polar surface area (TPSA) is 237 Å². The number of phosphoric ester groups is 2. The van der Waals surface area contributed by atoms with Gasteiger partial charge in [-0.3, -0.25) is 37.3 Å². The predicted molar refractivity (Wildman–Crippen MR) is 386 cm³/mol. The Morgan fingerprint density at radius 2 is 0.505 bits per heavy atom. The van der Waals surface area contributed by atoms with Crippen molar-refractivity contribution in [1.29, 1.82) is 0 Å². The van der Waals surface area contributed by atoms with Crippen LogP contribution in [0.3, 0.4) is 0 Å². The highest BCUT2D eigenvalue weighted by Crippen LogP contribution is 2.45. The van der Waals surface area contributed by atoms with Crippen LogP contribution in [0.1, 0.15) is 401 Å². The van der Waals surface area contributed by atoms with Crippen molar-refractivity contribution in [3.05, 3.63) is 0 Å². The first kappa shape index (κ1) is 93.1. The molecular formula is C76H148O17P2. The van der Waals surface area contributed by atoms with Crippen LogP contribution in [-0.2, 0) is 65.4 Å². The van der Waals surface area contributed by atoms with Gasteiger partial charge in [0.05, 0.1) is 26.4 Å². The van der Waals surface area contributed by atoms with Crippen molar-refractivity contribution >= 4 is 39.5 Å².